The standard InChI is InChI=1S/C19H17N7O/c1-14(15-2-6-17(7-3-15)25-11-10-20-12-25)22-19(27)16-4-8-18(9-5-16)26-13-21-23-24-26/h2-14H,1H3,(H,22,27). The van der Waals surface area contributed by atoms with Gasteiger partial charge in [0.25, 0.3) is 5.91 Å². The summed E-state index contributed by atoms with van der Waals surface area (Å²) < 4.78 is 3.46. The number of aromatic nitrogens is 6. The number of rotatable bonds is 5. The number of carbonyl (C=O) groups is 1. The zero-order valence-corrected chi connectivity index (χ0v) is 14.6. The van der Waals surface area contributed by atoms with E-state index in [1.807, 2.05) is 42.0 Å². The molecule has 4 aromatic rings. The summed E-state index contributed by atoms with van der Waals surface area (Å²) in [6, 6.07) is 15.0. The number of tetrazole rings is 1. The largest absolute Gasteiger partial charge is 0.346 e. The predicted octanol–water partition coefficient (Wildman–Crippen LogP) is 2.34. The van der Waals surface area contributed by atoms with Crippen molar-refractivity contribution >= 4 is 5.91 Å². The Balaban J connectivity index is 1.43. The van der Waals surface area contributed by atoms with Gasteiger partial charge in [-0.3, -0.25) is 4.79 Å². The van der Waals surface area contributed by atoms with Crippen molar-refractivity contribution in [3.8, 4) is 11.4 Å². The maximum Gasteiger partial charge on any atom is 0.251 e. The molecule has 27 heavy (non-hydrogen) atoms. The van der Waals surface area contributed by atoms with Crippen LogP contribution in [-0.4, -0.2) is 35.7 Å². The lowest BCUT2D eigenvalue weighted by molar-refractivity contribution is 0.0940. The van der Waals surface area contributed by atoms with Gasteiger partial charge in [-0.15, -0.1) is 5.10 Å². The lowest BCUT2D eigenvalue weighted by Gasteiger charge is -2.15. The van der Waals surface area contributed by atoms with Crippen molar-refractivity contribution in [2.45, 2.75) is 13.0 Å². The molecule has 134 valence electrons. The number of nitrogens with zero attached hydrogens (tertiary/aromatic N) is 6. The van der Waals surface area contributed by atoms with E-state index in [1.54, 1.807) is 36.8 Å². The first-order valence-corrected chi connectivity index (χ1v) is 8.43. The minimum Gasteiger partial charge on any atom is -0.346 e. The van der Waals surface area contributed by atoms with Crippen LogP contribution in [-0.2, 0) is 0 Å². The smallest absolute Gasteiger partial charge is 0.251 e. The average Bonchev–Trinajstić information content (AvgIpc) is 3.42. The number of nitrogens with one attached hydrogen (secondary N) is 1. The van der Waals surface area contributed by atoms with Crippen LogP contribution in [0.5, 0.6) is 0 Å². The summed E-state index contributed by atoms with van der Waals surface area (Å²) >= 11 is 0. The van der Waals surface area contributed by atoms with Gasteiger partial charge < -0.3 is 9.88 Å². The predicted molar refractivity (Wildman–Crippen MR) is 98.6 cm³/mol. The molecule has 2 aromatic heterocycles. The molecule has 1 unspecified atom stereocenters. The van der Waals surface area contributed by atoms with Crippen LogP contribution in [0.15, 0.2) is 73.6 Å². The normalized spacial score (nSPS) is 11.9. The second kappa shape index (κ2) is 7.20. The molecular formula is C19H17N7O. The zero-order chi connectivity index (χ0) is 18.6. The van der Waals surface area contributed by atoms with Crippen LogP contribution in [0, 0.1) is 0 Å². The fourth-order valence-electron chi connectivity index (χ4n) is 2.76. The van der Waals surface area contributed by atoms with Crippen LogP contribution in [0.25, 0.3) is 11.4 Å². The number of benzene rings is 2. The number of amides is 1. The van der Waals surface area contributed by atoms with Crippen molar-refractivity contribution < 1.29 is 4.79 Å². The van der Waals surface area contributed by atoms with Gasteiger partial charge in [-0.05, 0) is 59.3 Å². The summed E-state index contributed by atoms with van der Waals surface area (Å²) in [5.41, 5.74) is 3.42. The highest BCUT2D eigenvalue weighted by Gasteiger charge is 2.12. The summed E-state index contributed by atoms with van der Waals surface area (Å²) in [6.45, 7) is 1.96. The van der Waals surface area contributed by atoms with Crippen molar-refractivity contribution in [1.82, 2.24) is 35.1 Å². The molecule has 0 aliphatic carbocycles. The third kappa shape index (κ3) is 3.59. The third-order valence-corrected chi connectivity index (χ3v) is 4.29. The maximum atomic E-state index is 12.5. The van der Waals surface area contributed by atoms with E-state index < -0.39 is 0 Å². The van der Waals surface area contributed by atoms with E-state index in [9.17, 15) is 4.79 Å². The van der Waals surface area contributed by atoms with Gasteiger partial charge in [0, 0.05) is 23.6 Å². The highest BCUT2D eigenvalue weighted by atomic mass is 16.1. The van der Waals surface area contributed by atoms with E-state index in [1.165, 1.54) is 11.0 Å². The van der Waals surface area contributed by atoms with Crippen LogP contribution in [0.1, 0.15) is 28.9 Å². The summed E-state index contributed by atoms with van der Waals surface area (Å²) in [5.74, 6) is -0.135. The number of hydrogen-bond donors (Lipinski definition) is 1. The molecule has 0 aliphatic heterocycles. The maximum absolute atomic E-state index is 12.5. The Morgan fingerprint density at radius 1 is 1.00 bits per heavy atom. The number of imidazole rings is 1. The van der Waals surface area contributed by atoms with Crippen molar-refractivity contribution in [1.29, 1.82) is 0 Å². The van der Waals surface area contributed by atoms with Gasteiger partial charge in [0.15, 0.2) is 0 Å². The Morgan fingerprint density at radius 3 is 2.37 bits per heavy atom. The van der Waals surface area contributed by atoms with E-state index in [2.05, 4.69) is 25.8 Å². The Kier molecular flexibility index (Phi) is 4.44. The molecule has 0 radical (unpaired) electrons. The van der Waals surface area contributed by atoms with Gasteiger partial charge in [-0.25, -0.2) is 9.67 Å². The highest BCUT2D eigenvalue weighted by molar-refractivity contribution is 5.94. The molecule has 0 fully saturated rings. The number of hydrogen-bond acceptors (Lipinski definition) is 5. The second-order valence-electron chi connectivity index (χ2n) is 6.06. The molecular weight excluding hydrogens is 342 g/mol. The quantitative estimate of drug-likeness (QED) is 0.591. The fourth-order valence-corrected chi connectivity index (χ4v) is 2.76. The Bertz CT molecular complexity index is 1010. The number of carbonyl (C=O) groups excluding carboxylic acids is 1. The van der Waals surface area contributed by atoms with Gasteiger partial charge in [0.2, 0.25) is 0 Å². The summed E-state index contributed by atoms with van der Waals surface area (Å²) in [6.07, 6.45) is 6.88. The molecule has 1 N–H and O–H groups in total. The molecule has 8 nitrogen and oxygen atoms in total. The zero-order valence-electron chi connectivity index (χ0n) is 14.6. The second-order valence-corrected chi connectivity index (χ2v) is 6.06. The molecule has 4 rings (SSSR count). The topological polar surface area (TPSA) is 90.5 Å². The lowest BCUT2D eigenvalue weighted by Crippen LogP contribution is -2.26. The van der Waals surface area contributed by atoms with Crippen LogP contribution in [0.3, 0.4) is 0 Å². The molecule has 0 spiro atoms. The van der Waals surface area contributed by atoms with Gasteiger partial charge in [0.05, 0.1) is 18.1 Å². The molecule has 1 atom stereocenters. The Labute approximate surface area is 155 Å². The van der Waals surface area contributed by atoms with Crippen LogP contribution >= 0.6 is 0 Å². The first-order chi connectivity index (χ1) is 13.2. The van der Waals surface area contributed by atoms with Crippen LogP contribution in [0.4, 0.5) is 0 Å². The van der Waals surface area contributed by atoms with E-state index >= 15 is 0 Å². The lowest BCUT2D eigenvalue weighted by atomic mass is 10.1. The third-order valence-electron chi connectivity index (χ3n) is 4.29. The van der Waals surface area contributed by atoms with Gasteiger partial charge >= 0.3 is 0 Å². The minimum absolute atomic E-state index is 0.117. The molecule has 0 bridgehead atoms. The van der Waals surface area contributed by atoms with Crippen molar-refractivity contribution in [3.05, 3.63) is 84.7 Å². The van der Waals surface area contributed by atoms with E-state index in [0.717, 1.165) is 16.9 Å². The van der Waals surface area contributed by atoms with E-state index in [-0.39, 0.29) is 11.9 Å². The molecule has 2 aromatic carbocycles. The molecule has 0 saturated carbocycles. The van der Waals surface area contributed by atoms with Crippen molar-refractivity contribution in [3.63, 3.8) is 0 Å². The van der Waals surface area contributed by atoms with Gasteiger partial charge in [-0.2, -0.15) is 0 Å². The summed E-state index contributed by atoms with van der Waals surface area (Å²) in [7, 11) is 0. The van der Waals surface area contributed by atoms with E-state index in [0.29, 0.717) is 5.56 Å². The monoisotopic (exact) mass is 359 g/mol. The molecule has 1 amide bonds. The van der Waals surface area contributed by atoms with Gasteiger partial charge in [-0.1, -0.05) is 12.1 Å². The molecule has 0 aliphatic rings. The van der Waals surface area contributed by atoms with E-state index in [4.69, 9.17) is 0 Å². The van der Waals surface area contributed by atoms with Crippen LogP contribution in [0.2, 0.25) is 0 Å². The van der Waals surface area contributed by atoms with Crippen molar-refractivity contribution in [2.24, 2.45) is 0 Å². The highest BCUT2D eigenvalue weighted by Crippen LogP contribution is 2.17. The molecule has 2 heterocycles. The Morgan fingerprint density at radius 2 is 1.74 bits per heavy atom. The first kappa shape index (κ1) is 16.6. The minimum atomic E-state index is -0.135. The van der Waals surface area contributed by atoms with Crippen molar-refractivity contribution in [2.75, 3.05) is 0 Å². The fraction of sp³-hybridized carbons (Fsp3) is 0.105. The summed E-state index contributed by atoms with van der Waals surface area (Å²) in [4.78, 5) is 16.6. The SMILES string of the molecule is CC(NC(=O)c1ccc(-n2cnnn2)cc1)c1ccc(-n2ccnc2)cc1. The van der Waals surface area contributed by atoms with Gasteiger partial charge in [0.1, 0.15) is 6.33 Å². The molecule has 0 saturated heterocycles. The average molecular weight is 359 g/mol. The first-order valence-electron chi connectivity index (χ1n) is 8.43. The summed E-state index contributed by atoms with van der Waals surface area (Å²) in [5, 5.41) is 14.0. The Hall–Kier alpha value is -3.81. The van der Waals surface area contributed by atoms with Crippen LogP contribution < -0.4 is 5.32 Å². The molecule has 8 heteroatoms.